The lowest BCUT2D eigenvalue weighted by molar-refractivity contribution is -0.118. The number of carbonyl (C=O) groups is 1. The molecule has 2 N–H and O–H groups in total. The van der Waals surface area contributed by atoms with Crippen LogP contribution in [0, 0.1) is 0 Å². The Morgan fingerprint density at radius 1 is 0.826 bits per heavy atom. The van der Waals surface area contributed by atoms with E-state index < -0.39 is 0 Å². The smallest absolute Gasteiger partial charge is 0.217 e. The molecule has 3 nitrogen and oxygen atoms in total. The van der Waals surface area contributed by atoms with Gasteiger partial charge < -0.3 is 10.6 Å². The molecule has 0 radical (unpaired) electrons. The van der Waals surface area contributed by atoms with Gasteiger partial charge >= 0.3 is 0 Å². The Hall–Kier alpha value is -2.55. The Kier molecular flexibility index (Phi) is 4.77. The Morgan fingerprint density at radius 3 is 1.96 bits per heavy atom. The second-order valence-electron chi connectivity index (χ2n) is 5.88. The third kappa shape index (κ3) is 3.62. The van der Waals surface area contributed by atoms with Crippen molar-refractivity contribution in [2.75, 3.05) is 11.4 Å². The van der Waals surface area contributed by atoms with E-state index in [0.29, 0.717) is 6.42 Å². The summed E-state index contributed by atoms with van der Waals surface area (Å²) in [6.07, 6.45) is 7.76. The first-order chi connectivity index (χ1) is 11.3. The zero-order chi connectivity index (χ0) is 16.1. The minimum Gasteiger partial charge on any atom is -0.370 e. The van der Waals surface area contributed by atoms with Crippen LogP contribution in [0.3, 0.4) is 0 Å². The van der Waals surface area contributed by atoms with Gasteiger partial charge in [0.25, 0.3) is 0 Å². The topological polar surface area (TPSA) is 46.3 Å². The van der Waals surface area contributed by atoms with Gasteiger partial charge in [-0.15, -0.1) is 0 Å². The van der Waals surface area contributed by atoms with E-state index in [1.165, 1.54) is 22.5 Å². The standard InChI is InChI=1S/C20H22N2O/c21-20(23)12-2-1-7-15-22-18-10-5-3-8-16(18)13-14-17-9-4-6-11-19(17)22/h3-6,8-11,13-14H,1-2,7,12,15H2,(H2,21,23). The lowest BCUT2D eigenvalue weighted by Gasteiger charge is -2.27. The van der Waals surface area contributed by atoms with Crippen molar-refractivity contribution < 1.29 is 4.79 Å². The number of benzene rings is 2. The number of nitrogens with two attached hydrogens (primary N) is 1. The van der Waals surface area contributed by atoms with Crippen LogP contribution < -0.4 is 10.6 Å². The molecule has 0 unspecified atom stereocenters. The van der Waals surface area contributed by atoms with E-state index >= 15 is 0 Å². The molecule has 1 heterocycles. The summed E-state index contributed by atoms with van der Waals surface area (Å²) < 4.78 is 0. The highest BCUT2D eigenvalue weighted by molar-refractivity contribution is 5.88. The van der Waals surface area contributed by atoms with Crippen LogP contribution in [0.15, 0.2) is 48.5 Å². The molecule has 0 aromatic heterocycles. The zero-order valence-electron chi connectivity index (χ0n) is 13.2. The molecule has 0 saturated carbocycles. The fourth-order valence-corrected chi connectivity index (χ4v) is 3.04. The first kappa shape index (κ1) is 15.3. The van der Waals surface area contributed by atoms with Gasteiger partial charge in [0.05, 0.1) is 0 Å². The Morgan fingerprint density at radius 2 is 1.39 bits per heavy atom. The molecular weight excluding hydrogens is 284 g/mol. The molecule has 0 spiro atoms. The van der Waals surface area contributed by atoms with Crippen molar-refractivity contribution in [3.8, 4) is 0 Å². The van der Waals surface area contributed by atoms with E-state index in [9.17, 15) is 4.79 Å². The largest absolute Gasteiger partial charge is 0.370 e. The van der Waals surface area contributed by atoms with E-state index in [2.05, 4.69) is 65.6 Å². The van der Waals surface area contributed by atoms with Crippen molar-refractivity contribution in [1.82, 2.24) is 0 Å². The SMILES string of the molecule is NC(=O)CCCCCN1c2ccccc2C=Cc2ccccc21. The first-order valence-electron chi connectivity index (χ1n) is 8.18. The summed E-state index contributed by atoms with van der Waals surface area (Å²) in [5.74, 6) is -0.209. The van der Waals surface area contributed by atoms with Crippen molar-refractivity contribution in [3.63, 3.8) is 0 Å². The van der Waals surface area contributed by atoms with Gasteiger partial charge in [0.15, 0.2) is 0 Å². The summed E-state index contributed by atoms with van der Waals surface area (Å²) in [5, 5.41) is 0. The Labute approximate surface area is 137 Å². The van der Waals surface area contributed by atoms with Gasteiger partial charge in [-0.05, 0) is 36.1 Å². The maximum absolute atomic E-state index is 10.8. The average molecular weight is 306 g/mol. The van der Waals surface area contributed by atoms with Crippen LogP contribution in [0.5, 0.6) is 0 Å². The number of unbranched alkanes of at least 4 members (excludes halogenated alkanes) is 2. The molecular formula is C20H22N2O. The third-order valence-electron chi connectivity index (χ3n) is 4.20. The molecule has 1 aliphatic rings. The molecule has 0 saturated heterocycles. The van der Waals surface area contributed by atoms with Gasteiger partial charge in [-0.25, -0.2) is 0 Å². The molecule has 118 valence electrons. The second-order valence-corrected chi connectivity index (χ2v) is 5.88. The number of nitrogens with zero attached hydrogens (tertiary/aromatic N) is 1. The quantitative estimate of drug-likeness (QED) is 0.806. The minimum atomic E-state index is -0.209. The van der Waals surface area contributed by atoms with Gasteiger partial charge in [0.1, 0.15) is 0 Å². The summed E-state index contributed by atoms with van der Waals surface area (Å²) >= 11 is 0. The number of amides is 1. The monoisotopic (exact) mass is 306 g/mol. The van der Waals surface area contributed by atoms with Gasteiger partial charge in [0, 0.05) is 24.3 Å². The number of fused-ring (bicyclic) bond motifs is 2. The molecule has 2 aromatic carbocycles. The number of hydrogen-bond donors (Lipinski definition) is 1. The van der Waals surface area contributed by atoms with Crippen LogP contribution in [0.25, 0.3) is 12.2 Å². The van der Waals surface area contributed by atoms with Crippen LogP contribution in [-0.2, 0) is 4.79 Å². The van der Waals surface area contributed by atoms with E-state index in [4.69, 9.17) is 5.73 Å². The normalized spacial score (nSPS) is 12.4. The van der Waals surface area contributed by atoms with Gasteiger partial charge in [-0.3, -0.25) is 4.79 Å². The molecule has 0 atom stereocenters. The highest BCUT2D eigenvalue weighted by Crippen LogP contribution is 2.36. The van der Waals surface area contributed by atoms with Crippen LogP contribution in [0.4, 0.5) is 11.4 Å². The molecule has 3 rings (SSSR count). The summed E-state index contributed by atoms with van der Waals surface area (Å²) in [6.45, 7) is 0.939. The van der Waals surface area contributed by atoms with Crippen LogP contribution >= 0.6 is 0 Å². The summed E-state index contributed by atoms with van der Waals surface area (Å²) in [4.78, 5) is 13.2. The summed E-state index contributed by atoms with van der Waals surface area (Å²) in [5.41, 5.74) is 10.2. The maximum atomic E-state index is 10.8. The Balaban J connectivity index is 1.80. The first-order valence-corrected chi connectivity index (χ1v) is 8.18. The van der Waals surface area contributed by atoms with Gasteiger partial charge in [0.2, 0.25) is 5.91 Å². The van der Waals surface area contributed by atoms with Crippen molar-refractivity contribution in [3.05, 3.63) is 59.7 Å². The van der Waals surface area contributed by atoms with Crippen molar-refractivity contribution in [2.45, 2.75) is 25.7 Å². The van der Waals surface area contributed by atoms with E-state index in [0.717, 1.165) is 25.8 Å². The van der Waals surface area contributed by atoms with Crippen LogP contribution in [0.2, 0.25) is 0 Å². The molecule has 3 heteroatoms. The number of hydrogen-bond acceptors (Lipinski definition) is 2. The molecule has 1 aliphatic heterocycles. The fraction of sp³-hybridized carbons (Fsp3) is 0.250. The molecule has 0 bridgehead atoms. The molecule has 23 heavy (non-hydrogen) atoms. The number of primary amides is 1. The van der Waals surface area contributed by atoms with E-state index in [-0.39, 0.29) is 5.91 Å². The van der Waals surface area contributed by atoms with Crippen LogP contribution in [0.1, 0.15) is 36.8 Å². The molecule has 0 aliphatic carbocycles. The lowest BCUT2D eigenvalue weighted by Crippen LogP contribution is -2.19. The second kappa shape index (κ2) is 7.14. The highest BCUT2D eigenvalue weighted by atomic mass is 16.1. The summed E-state index contributed by atoms with van der Waals surface area (Å²) in [7, 11) is 0. The number of para-hydroxylation sites is 2. The van der Waals surface area contributed by atoms with Gasteiger partial charge in [-0.1, -0.05) is 55.0 Å². The minimum absolute atomic E-state index is 0.209. The van der Waals surface area contributed by atoms with Crippen molar-refractivity contribution >= 4 is 29.4 Å². The lowest BCUT2D eigenvalue weighted by atomic mass is 10.1. The fourth-order valence-electron chi connectivity index (χ4n) is 3.04. The molecule has 2 aromatic rings. The third-order valence-corrected chi connectivity index (χ3v) is 4.20. The predicted molar refractivity (Wildman–Crippen MR) is 96.5 cm³/mol. The number of anilines is 2. The van der Waals surface area contributed by atoms with Crippen LogP contribution in [-0.4, -0.2) is 12.5 Å². The number of carbonyl (C=O) groups excluding carboxylic acids is 1. The zero-order valence-corrected chi connectivity index (χ0v) is 13.2. The highest BCUT2D eigenvalue weighted by Gasteiger charge is 2.16. The number of rotatable bonds is 6. The van der Waals surface area contributed by atoms with Gasteiger partial charge in [-0.2, -0.15) is 0 Å². The average Bonchev–Trinajstić information content (AvgIpc) is 2.72. The summed E-state index contributed by atoms with van der Waals surface area (Å²) in [6, 6.07) is 17.0. The maximum Gasteiger partial charge on any atom is 0.217 e. The Bertz CT molecular complexity index is 672. The van der Waals surface area contributed by atoms with Crippen molar-refractivity contribution in [1.29, 1.82) is 0 Å². The van der Waals surface area contributed by atoms with E-state index in [1.54, 1.807) is 0 Å². The molecule has 1 amide bonds. The van der Waals surface area contributed by atoms with E-state index in [1.807, 2.05) is 0 Å². The van der Waals surface area contributed by atoms with Crippen molar-refractivity contribution in [2.24, 2.45) is 5.73 Å². The predicted octanol–water partition coefficient (Wildman–Crippen LogP) is 4.35. The molecule has 0 fully saturated rings.